The van der Waals surface area contributed by atoms with Gasteiger partial charge in [0.25, 0.3) is 5.78 Å². The normalized spacial score (nSPS) is 16.7. The lowest BCUT2D eigenvalue weighted by Gasteiger charge is -2.23. The number of carbonyl (C=O) groups is 3. The summed E-state index contributed by atoms with van der Waals surface area (Å²) in [6, 6.07) is 8.12. The number of aryl methyl sites for hydroxylation is 2. The summed E-state index contributed by atoms with van der Waals surface area (Å²) in [5, 5.41) is 21.6. The number of benzene rings is 2. The topological polar surface area (TPSA) is 135 Å². The largest absolute Gasteiger partial charge is 0.507 e. The van der Waals surface area contributed by atoms with Crippen LogP contribution in [0.25, 0.3) is 5.76 Å². The first-order chi connectivity index (χ1) is 17.6. The van der Waals surface area contributed by atoms with Crippen molar-refractivity contribution < 1.29 is 38.8 Å². The van der Waals surface area contributed by atoms with E-state index in [-0.39, 0.29) is 32.8 Å². The van der Waals surface area contributed by atoms with Crippen molar-refractivity contribution in [2.24, 2.45) is 0 Å². The number of methoxy groups -OCH3 is 3. The Morgan fingerprint density at radius 1 is 1.05 bits per heavy atom. The monoisotopic (exact) mass is 524 g/mol. The number of hydrogen-bond acceptors (Lipinski definition) is 10. The SMILES string of the molecule is COC(=O)c1sc(N2C(=O)C(=O)/C(=C(/O)c3ccc(OC)cc3C)[C@H]2c2ccc(O)c(OC)c2)nc1C. The molecule has 0 unspecified atom stereocenters. The summed E-state index contributed by atoms with van der Waals surface area (Å²) in [6.07, 6.45) is 0. The molecule has 0 saturated carbocycles. The Hall–Kier alpha value is -4.38. The van der Waals surface area contributed by atoms with Crippen LogP contribution in [0.3, 0.4) is 0 Å². The molecule has 1 aliphatic heterocycles. The fraction of sp³-hybridized carbons (Fsp3) is 0.231. The van der Waals surface area contributed by atoms with Crippen molar-refractivity contribution >= 4 is 39.9 Å². The Balaban J connectivity index is 1.98. The number of ketones is 1. The molecule has 1 saturated heterocycles. The number of carbonyl (C=O) groups excluding carboxylic acids is 3. The molecule has 2 N–H and O–H groups in total. The van der Waals surface area contributed by atoms with Crippen LogP contribution in [0, 0.1) is 13.8 Å². The fourth-order valence-corrected chi connectivity index (χ4v) is 5.16. The first-order valence-corrected chi connectivity index (χ1v) is 11.8. The molecule has 0 bridgehead atoms. The summed E-state index contributed by atoms with van der Waals surface area (Å²) in [5.41, 5.74) is 1.46. The van der Waals surface area contributed by atoms with Crippen LogP contribution >= 0.6 is 11.3 Å². The Bertz CT molecular complexity index is 1460. The number of amides is 1. The van der Waals surface area contributed by atoms with Crippen molar-refractivity contribution in [2.45, 2.75) is 19.9 Å². The van der Waals surface area contributed by atoms with Crippen LogP contribution in [0.5, 0.6) is 17.2 Å². The molecule has 4 rings (SSSR count). The number of aliphatic hydroxyl groups excluding tert-OH is 1. The Morgan fingerprint density at radius 2 is 1.78 bits per heavy atom. The number of aromatic hydroxyl groups is 1. The number of aliphatic hydroxyl groups is 1. The molecule has 1 atom stereocenters. The number of nitrogens with zero attached hydrogens (tertiary/aromatic N) is 2. The van der Waals surface area contributed by atoms with Crippen LogP contribution in [0.4, 0.5) is 5.13 Å². The Kier molecular flexibility index (Phi) is 6.90. The average molecular weight is 525 g/mol. The lowest BCUT2D eigenvalue weighted by molar-refractivity contribution is -0.132. The third-order valence-electron chi connectivity index (χ3n) is 6.01. The van der Waals surface area contributed by atoms with E-state index in [0.29, 0.717) is 28.1 Å². The van der Waals surface area contributed by atoms with Crippen molar-refractivity contribution in [3.8, 4) is 17.2 Å². The maximum atomic E-state index is 13.4. The fourth-order valence-electron chi connectivity index (χ4n) is 4.15. The molecule has 37 heavy (non-hydrogen) atoms. The van der Waals surface area contributed by atoms with Crippen molar-refractivity contribution in [2.75, 3.05) is 26.2 Å². The second kappa shape index (κ2) is 9.94. The highest BCUT2D eigenvalue weighted by Crippen LogP contribution is 2.45. The number of thiazole rings is 1. The summed E-state index contributed by atoms with van der Waals surface area (Å²) in [7, 11) is 4.10. The van der Waals surface area contributed by atoms with Gasteiger partial charge < -0.3 is 24.4 Å². The predicted octanol–water partition coefficient (Wildman–Crippen LogP) is 3.90. The zero-order valence-electron chi connectivity index (χ0n) is 20.7. The van der Waals surface area contributed by atoms with Gasteiger partial charge in [-0.25, -0.2) is 9.78 Å². The Morgan fingerprint density at radius 3 is 2.41 bits per heavy atom. The van der Waals surface area contributed by atoms with E-state index in [1.807, 2.05) is 0 Å². The minimum atomic E-state index is -1.13. The number of esters is 1. The number of rotatable bonds is 6. The second-order valence-electron chi connectivity index (χ2n) is 8.18. The van der Waals surface area contributed by atoms with E-state index in [4.69, 9.17) is 14.2 Å². The molecule has 0 aliphatic carbocycles. The third-order valence-corrected chi connectivity index (χ3v) is 7.15. The molecule has 2 heterocycles. The number of Topliss-reactive ketones (excluding diaryl/α,β-unsaturated/α-hetero) is 1. The molecule has 192 valence electrons. The molecule has 11 heteroatoms. The van der Waals surface area contributed by atoms with Gasteiger partial charge in [-0.05, 0) is 55.3 Å². The average Bonchev–Trinajstić information content (AvgIpc) is 3.39. The number of ether oxygens (including phenoxy) is 3. The first kappa shape index (κ1) is 25.7. The van der Waals surface area contributed by atoms with E-state index in [1.54, 1.807) is 32.0 Å². The molecule has 3 aromatic rings. The molecule has 1 amide bonds. The van der Waals surface area contributed by atoms with E-state index in [2.05, 4.69) is 4.98 Å². The number of anilines is 1. The molecule has 1 aliphatic rings. The number of phenolic OH excluding ortho intramolecular Hbond substituents is 1. The maximum Gasteiger partial charge on any atom is 0.350 e. The molecular formula is C26H24N2O8S. The standard InChI is InChI=1S/C26H24N2O8S/c1-12-10-15(34-3)7-8-16(12)21(30)19-20(14-6-9-17(29)18(11-14)35-4)28(24(32)22(19)31)26-27-13(2)23(37-26)25(33)36-5/h6-11,20,29-30H,1-5H3/b21-19+/t20-/m1/s1. The maximum absolute atomic E-state index is 13.4. The van der Waals surface area contributed by atoms with Gasteiger partial charge >= 0.3 is 11.9 Å². The summed E-state index contributed by atoms with van der Waals surface area (Å²) in [5.74, 6) is -2.37. The molecular weight excluding hydrogens is 500 g/mol. The van der Waals surface area contributed by atoms with Gasteiger partial charge in [-0.2, -0.15) is 0 Å². The van der Waals surface area contributed by atoms with Gasteiger partial charge in [0.2, 0.25) is 0 Å². The molecule has 1 fully saturated rings. The van der Waals surface area contributed by atoms with Crippen molar-refractivity contribution in [3.05, 3.63) is 69.2 Å². The smallest absolute Gasteiger partial charge is 0.350 e. The van der Waals surface area contributed by atoms with Crippen LogP contribution < -0.4 is 14.4 Å². The van der Waals surface area contributed by atoms with Gasteiger partial charge in [0.15, 0.2) is 16.6 Å². The van der Waals surface area contributed by atoms with Crippen LogP contribution in [-0.2, 0) is 14.3 Å². The highest BCUT2D eigenvalue weighted by molar-refractivity contribution is 7.17. The van der Waals surface area contributed by atoms with E-state index >= 15 is 0 Å². The van der Waals surface area contributed by atoms with E-state index in [0.717, 1.165) is 16.2 Å². The zero-order chi connectivity index (χ0) is 27.0. The van der Waals surface area contributed by atoms with Gasteiger partial charge in [-0.1, -0.05) is 17.4 Å². The van der Waals surface area contributed by atoms with Crippen LogP contribution in [-0.4, -0.2) is 54.2 Å². The summed E-state index contributed by atoms with van der Waals surface area (Å²) in [4.78, 5) is 44.6. The van der Waals surface area contributed by atoms with E-state index < -0.39 is 23.7 Å². The van der Waals surface area contributed by atoms with Crippen LogP contribution in [0.2, 0.25) is 0 Å². The summed E-state index contributed by atoms with van der Waals surface area (Å²) in [6.45, 7) is 3.32. The number of phenols is 1. The molecule has 0 radical (unpaired) electrons. The summed E-state index contributed by atoms with van der Waals surface area (Å²) < 4.78 is 15.3. The van der Waals surface area contributed by atoms with Crippen LogP contribution in [0.1, 0.15) is 38.1 Å². The molecule has 10 nitrogen and oxygen atoms in total. The minimum absolute atomic E-state index is 0.0718. The van der Waals surface area contributed by atoms with Gasteiger partial charge in [0, 0.05) is 5.56 Å². The second-order valence-corrected chi connectivity index (χ2v) is 9.16. The number of hydrogen-bond donors (Lipinski definition) is 2. The van der Waals surface area contributed by atoms with Crippen LogP contribution in [0.15, 0.2) is 42.0 Å². The van der Waals surface area contributed by atoms with Crippen molar-refractivity contribution in [1.29, 1.82) is 0 Å². The van der Waals surface area contributed by atoms with Gasteiger partial charge in [0.05, 0.1) is 38.6 Å². The third kappa shape index (κ3) is 4.38. The van der Waals surface area contributed by atoms with Gasteiger partial charge in [0.1, 0.15) is 16.4 Å². The number of aromatic nitrogens is 1. The molecule has 0 spiro atoms. The van der Waals surface area contributed by atoms with Crippen molar-refractivity contribution in [3.63, 3.8) is 0 Å². The van der Waals surface area contributed by atoms with E-state index in [1.165, 1.54) is 39.5 Å². The summed E-state index contributed by atoms with van der Waals surface area (Å²) >= 11 is 0.890. The predicted molar refractivity (Wildman–Crippen MR) is 135 cm³/mol. The lowest BCUT2D eigenvalue weighted by Crippen LogP contribution is -2.29. The Labute approximate surface area is 216 Å². The van der Waals surface area contributed by atoms with E-state index in [9.17, 15) is 24.6 Å². The van der Waals surface area contributed by atoms with Gasteiger partial charge in [-0.3, -0.25) is 14.5 Å². The molecule has 2 aromatic carbocycles. The van der Waals surface area contributed by atoms with Gasteiger partial charge in [-0.15, -0.1) is 0 Å². The highest BCUT2D eigenvalue weighted by atomic mass is 32.1. The highest BCUT2D eigenvalue weighted by Gasteiger charge is 2.48. The zero-order valence-corrected chi connectivity index (χ0v) is 21.5. The minimum Gasteiger partial charge on any atom is -0.507 e. The first-order valence-electron chi connectivity index (χ1n) is 11.0. The lowest BCUT2D eigenvalue weighted by atomic mass is 9.93. The quantitative estimate of drug-likeness (QED) is 0.213. The molecule has 1 aromatic heterocycles. The van der Waals surface area contributed by atoms with Crippen molar-refractivity contribution in [1.82, 2.24) is 4.98 Å².